The SMILES string of the molecule is CCN(CC)c1ccc(C2OC(=O)c3cc(OC)ccc32)c(OC)c1. The number of hydrogen-bond acceptors (Lipinski definition) is 5. The number of benzene rings is 2. The average molecular weight is 341 g/mol. The van der Waals surface area contributed by atoms with E-state index in [-0.39, 0.29) is 5.97 Å². The summed E-state index contributed by atoms with van der Waals surface area (Å²) in [7, 11) is 3.21. The number of ether oxygens (including phenoxy) is 3. The molecule has 0 N–H and O–H groups in total. The summed E-state index contributed by atoms with van der Waals surface area (Å²) in [6, 6.07) is 11.4. The third-order valence-electron chi connectivity index (χ3n) is 4.62. The number of carbonyl (C=O) groups excluding carboxylic acids is 1. The van der Waals surface area contributed by atoms with E-state index in [2.05, 4.69) is 18.7 Å². The van der Waals surface area contributed by atoms with Gasteiger partial charge in [0, 0.05) is 36.0 Å². The number of nitrogens with zero attached hydrogens (tertiary/aromatic N) is 1. The molecular weight excluding hydrogens is 318 g/mol. The predicted octanol–water partition coefficient (Wildman–Crippen LogP) is 3.81. The van der Waals surface area contributed by atoms with E-state index in [9.17, 15) is 4.79 Å². The van der Waals surface area contributed by atoms with E-state index < -0.39 is 6.10 Å². The van der Waals surface area contributed by atoms with Crippen LogP contribution in [0.2, 0.25) is 0 Å². The van der Waals surface area contributed by atoms with E-state index in [1.807, 2.05) is 30.3 Å². The van der Waals surface area contributed by atoms with Crippen LogP contribution in [0.3, 0.4) is 0 Å². The Bertz CT molecular complexity index is 783. The summed E-state index contributed by atoms with van der Waals surface area (Å²) in [6.07, 6.45) is -0.464. The maximum Gasteiger partial charge on any atom is 0.339 e. The van der Waals surface area contributed by atoms with Crippen molar-refractivity contribution >= 4 is 11.7 Å². The number of methoxy groups -OCH3 is 2. The second-order valence-corrected chi connectivity index (χ2v) is 5.84. The minimum absolute atomic E-state index is 0.339. The van der Waals surface area contributed by atoms with Crippen LogP contribution >= 0.6 is 0 Å². The van der Waals surface area contributed by atoms with E-state index in [0.29, 0.717) is 17.1 Å². The van der Waals surface area contributed by atoms with Crippen LogP contribution in [0, 0.1) is 0 Å². The van der Waals surface area contributed by atoms with Crippen LogP contribution in [-0.2, 0) is 4.74 Å². The lowest BCUT2D eigenvalue weighted by Gasteiger charge is -2.23. The van der Waals surface area contributed by atoms with Gasteiger partial charge in [-0.05, 0) is 38.1 Å². The lowest BCUT2D eigenvalue weighted by molar-refractivity contribution is 0.0452. The van der Waals surface area contributed by atoms with E-state index in [1.54, 1.807) is 20.3 Å². The van der Waals surface area contributed by atoms with Crippen LogP contribution in [0.25, 0.3) is 0 Å². The zero-order valence-electron chi connectivity index (χ0n) is 15.0. The molecule has 0 amide bonds. The van der Waals surface area contributed by atoms with Crippen molar-refractivity contribution in [2.75, 3.05) is 32.2 Å². The molecule has 0 aromatic heterocycles. The highest BCUT2D eigenvalue weighted by Crippen LogP contribution is 2.42. The number of esters is 1. The Balaban J connectivity index is 2.02. The molecular formula is C20H23NO4. The van der Waals surface area contributed by atoms with Crippen molar-refractivity contribution in [1.82, 2.24) is 0 Å². The molecule has 1 atom stereocenters. The first-order chi connectivity index (χ1) is 12.1. The van der Waals surface area contributed by atoms with Gasteiger partial charge in [0.2, 0.25) is 0 Å². The molecule has 0 aliphatic carbocycles. The molecule has 2 aromatic carbocycles. The fourth-order valence-corrected chi connectivity index (χ4v) is 3.23. The zero-order chi connectivity index (χ0) is 18.0. The smallest absolute Gasteiger partial charge is 0.339 e. The molecule has 1 aliphatic rings. The second-order valence-electron chi connectivity index (χ2n) is 5.84. The molecule has 5 nitrogen and oxygen atoms in total. The molecule has 132 valence electrons. The van der Waals surface area contributed by atoms with Crippen molar-refractivity contribution < 1.29 is 19.0 Å². The Morgan fingerprint density at radius 3 is 2.36 bits per heavy atom. The van der Waals surface area contributed by atoms with Gasteiger partial charge in [-0.2, -0.15) is 0 Å². The molecule has 0 spiro atoms. The molecule has 1 heterocycles. The zero-order valence-corrected chi connectivity index (χ0v) is 15.0. The molecule has 25 heavy (non-hydrogen) atoms. The molecule has 2 aromatic rings. The molecule has 3 rings (SSSR count). The van der Waals surface area contributed by atoms with Crippen LogP contribution in [0.15, 0.2) is 36.4 Å². The predicted molar refractivity (Wildman–Crippen MR) is 96.8 cm³/mol. The highest BCUT2D eigenvalue weighted by Gasteiger charge is 2.34. The first-order valence-corrected chi connectivity index (χ1v) is 8.44. The molecule has 0 fully saturated rings. The molecule has 5 heteroatoms. The minimum Gasteiger partial charge on any atom is -0.497 e. The van der Waals surface area contributed by atoms with E-state index >= 15 is 0 Å². The first kappa shape index (κ1) is 17.1. The van der Waals surface area contributed by atoms with Gasteiger partial charge in [0.05, 0.1) is 19.8 Å². The van der Waals surface area contributed by atoms with Crippen LogP contribution in [0.5, 0.6) is 11.5 Å². The fourth-order valence-electron chi connectivity index (χ4n) is 3.23. The minimum atomic E-state index is -0.464. The van der Waals surface area contributed by atoms with Gasteiger partial charge in [-0.15, -0.1) is 0 Å². The Morgan fingerprint density at radius 2 is 1.72 bits per heavy atom. The monoisotopic (exact) mass is 341 g/mol. The van der Waals surface area contributed by atoms with Gasteiger partial charge in [0.25, 0.3) is 0 Å². The largest absolute Gasteiger partial charge is 0.497 e. The van der Waals surface area contributed by atoms with Crippen molar-refractivity contribution in [3.05, 3.63) is 53.1 Å². The number of carbonyl (C=O) groups is 1. The highest BCUT2D eigenvalue weighted by atomic mass is 16.6. The van der Waals surface area contributed by atoms with Gasteiger partial charge in [-0.25, -0.2) is 4.79 Å². The molecule has 1 unspecified atom stereocenters. The van der Waals surface area contributed by atoms with Gasteiger partial charge in [-0.3, -0.25) is 0 Å². The molecule has 1 aliphatic heterocycles. The van der Waals surface area contributed by atoms with Crippen molar-refractivity contribution in [2.24, 2.45) is 0 Å². The number of rotatable bonds is 6. The summed E-state index contributed by atoms with van der Waals surface area (Å²) in [5, 5.41) is 0. The third-order valence-corrected chi connectivity index (χ3v) is 4.62. The first-order valence-electron chi connectivity index (χ1n) is 8.44. The van der Waals surface area contributed by atoms with Crippen molar-refractivity contribution in [1.29, 1.82) is 0 Å². The summed E-state index contributed by atoms with van der Waals surface area (Å²) in [4.78, 5) is 14.5. The van der Waals surface area contributed by atoms with Crippen molar-refractivity contribution in [2.45, 2.75) is 20.0 Å². The average Bonchev–Trinajstić information content (AvgIpc) is 2.98. The van der Waals surface area contributed by atoms with Gasteiger partial charge < -0.3 is 19.1 Å². The molecule has 0 radical (unpaired) electrons. The van der Waals surface area contributed by atoms with Crippen molar-refractivity contribution in [3.63, 3.8) is 0 Å². The molecule has 0 saturated heterocycles. The second kappa shape index (κ2) is 7.05. The Labute approximate surface area is 148 Å². The Kier molecular flexibility index (Phi) is 4.83. The van der Waals surface area contributed by atoms with Crippen LogP contribution in [0.1, 0.15) is 41.4 Å². The molecule has 0 bridgehead atoms. The van der Waals surface area contributed by atoms with E-state index in [1.165, 1.54) is 0 Å². The lowest BCUT2D eigenvalue weighted by atomic mass is 9.98. The summed E-state index contributed by atoms with van der Waals surface area (Å²) in [6.45, 7) is 6.07. The topological polar surface area (TPSA) is 48.0 Å². The van der Waals surface area contributed by atoms with Gasteiger partial charge in [0.15, 0.2) is 6.10 Å². The van der Waals surface area contributed by atoms with Gasteiger partial charge >= 0.3 is 5.97 Å². The summed E-state index contributed by atoms with van der Waals surface area (Å²) < 4.78 is 16.4. The standard InChI is InChI=1S/C20H23NO4/c1-5-21(6-2)13-7-9-16(18(11-13)24-4)19-15-10-8-14(23-3)12-17(15)20(22)25-19/h7-12,19H,5-6H2,1-4H3. The maximum absolute atomic E-state index is 12.3. The summed E-state index contributed by atoms with van der Waals surface area (Å²) in [5.41, 5.74) is 3.31. The quantitative estimate of drug-likeness (QED) is 0.748. The van der Waals surface area contributed by atoms with Crippen LogP contribution in [0.4, 0.5) is 5.69 Å². The summed E-state index contributed by atoms with van der Waals surface area (Å²) >= 11 is 0. The third kappa shape index (κ3) is 3.02. The number of fused-ring (bicyclic) bond motifs is 1. The number of anilines is 1. The Hall–Kier alpha value is -2.69. The van der Waals surface area contributed by atoms with Crippen LogP contribution < -0.4 is 14.4 Å². The maximum atomic E-state index is 12.3. The fraction of sp³-hybridized carbons (Fsp3) is 0.350. The number of hydrogen-bond donors (Lipinski definition) is 0. The van der Waals surface area contributed by atoms with Gasteiger partial charge in [-0.1, -0.05) is 6.07 Å². The Morgan fingerprint density at radius 1 is 1.00 bits per heavy atom. The lowest BCUT2D eigenvalue weighted by Crippen LogP contribution is -2.21. The van der Waals surface area contributed by atoms with Crippen molar-refractivity contribution in [3.8, 4) is 11.5 Å². The van der Waals surface area contributed by atoms with Crippen LogP contribution in [-0.4, -0.2) is 33.3 Å². The highest BCUT2D eigenvalue weighted by molar-refractivity contribution is 5.95. The van der Waals surface area contributed by atoms with Gasteiger partial charge in [0.1, 0.15) is 11.5 Å². The van der Waals surface area contributed by atoms with E-state index in [0.717, 1.165) is 29.9 Å². The van der Waals surface area contributed by atoms with E-state index in [4.69, 9.17) is 14.2 Å². The number of cyclic esters (lactones) is 1. The normalized spacial score (nSPS) is 15.5. The summed E-state index contributed by atoms with van der Waals surface area (Å²) in [5.74, 6) is 1.01. The molecule has 0 saturated carbocycles.